The zero-order valence-electron chi connectivity index (χ0n) is 16.2. The van der Waals surface area contributed by atoms with E-state index in [1.807, 2.05) is 0 Å². The topological polar surface area (TPSA) is 130 Å². The molecule has 10 heteroatoms. The Morgan fingerprint density at radius 2 is 1.74 bits per heavy atom. The van der Waals surface area contributed by atoms with Crippen molar-refractivity contribution in [3.05, 3.63) is 80.4 Å². The molecule has 1 saturated heterocycles. The Bertz CT molecular complexity index is 1020. The molecule has 1 heterocycles. The second-order valence-electron chi connectivity index (χ2n) is 6.68. The fourth-order valence-electron chi connectivity index (χ4n) is 3.33. The molecule has 0 spiro atoms. The van der Waals surface area contributed by atoms with Gasteiger partial charge in [-0.2, -0.15) is 0 Å². The number of nitrogens with zero attached hydrogens (tertiary/aromatic N) is 2. The fraction of sp³-hybridized carbons (Fsp3) is 0.238. The van der Waals surface area contributed by atoms with Crippen molar-refractivity contribution in [2.45, 2.75) is 6.04 Å². The number of Topliss-reactive ketones (excluding diaryl/α,β-unsaturated/α-hetero) is 1. The van der Waals surface area contributed by atoms with Crippen LogP contribution in [0.15, 0.2) is 54.1 Å². The molecule has 1 aliphatic rings. The number of halogens is 1. The monoisotopic (exact) mass is 446 g/mol. The van der Waals surface area contributed by atoms with Gasteiger partial charge in [-0.25, -0.2) is 0 Å². The highest BCUT2D eigenvalue weighted by Crippen LogP contribution is 2.39. The van der Waals surface area contributed by atoms with E-state index in [2.05, 4.69) is 0 Å². The number of ketones is 1. The molecule has 1 amide bonds. The molecule has 1 unspecified atom stereocenters. The SMILES string of the molecule is O=C1C(=O)N(CCOCCO)C(c2ccc(Cl)cc2)C1=C(O)c1ccc([N+](=O)[O-])cc1. The second-order valence-corrected chi connectivity index (χ2v) is 7.12. The summed E-state index contributed by atoms with van der Waals surface area (Å²) in [4.78, 5) is 37.1. The van der Waals surface area contributed by atoms with Gasteiger partial charge in [0.2, 0.25) is 0 Å². The molecule has 3 rings (SSSR count). The van der Waals surface area contributed by atoms with Crippen molar-refractivity contribution < 1.29 is 29.5 Å². The van der Waals surface area contributed by atoms with Crippen LogP contribution in [-0.2, 0) is 14.3 Å². The van der Waals surface area contributed by atoms with Gasteiger partial charge in [0.25, 0.3) is 17.4 Å². The molecule has 0 aliphatic carbocycles. The lowest BCUT2D eigenvalue weighted by Gasteiger charge is -2.25. The van der Waals surface area contributed by atoms with Crippen LogP contribution in [0.1, 0.15) is 17.2 Å². The van der Waals surface area contributed by atoms with E-state index in [-0.39, 0.29) is 43.2 Å². The third kappa shape index (κ3) is 4.74. The van der Waals surface area contributed by atoms with E-state index in [1.54, 1.807) is 24.3 Å². The van der Waals surface area contributed by atoms with Gasteiger partial charge in [-0.3, -0.25) is 19.7 Å². The van der Waals surface area contributed by atoms with Gasteiger partial charge in [0.15, 0.2) is 0 Å². The van der Waals surface area contributed by atoms with Gasteiger partial charge in [-0.15, -0.1) is 0 Å². The third-order valence-corrected chi connectivity index (χ3v) is 5.04. The zero-order chi connectivity index (χ0) is 22.5. The van der Waals surface area contributed by atoms with Crippen molar-refractivity contribution in [3.8, 4) is 0 Å². The minimum atomic E-state index is -0.898. The Hall–Kier alpha value is -3.27. The summed E-state index contributed by atoms with van der Waals surface area (Å²) >= 11 is 5.96. The molecule has 0 bridgehead atoms. The third-order valence-electron chi connectivity index (χ3n) is 4.79. The number of amides is 1. The lowest BCUT2D eigenvalue weighted by atomic mass is 9.95. The number of benzene rings is 2. The molecule has 2 N–H and O–H groups in total. The van der Waals surface area contributed by atoms with E-state index in [9.17, 15) is 24.8 Å². The van der Waals surface area contributed by atoms with Crippen LogP contribution in [0.25, 0.3) is 5.76 Å². The highest BCUT2D eigenvalue weighted by atomic mass is 35.5. The zero-order valence-corrected chi connectivity index (χ0v) is 17.0. The average Bonchev–Trinajstić information content (AvgIpc) is 3.01. The Morgan fingerprint density at radius 1 is 1.10 bits per heavy atom. The van der Waals surface area contributed by atoms with Crippen LogP contribution < -0.4 is 0 Å². The van der Waals surface area contributed by atoms with Crippen LogP contribution in [0.4, 0.5) is 5.69 Å². The van der Waals surface area contributed by atoms with Gasteiger partial charge in [-0.05, 0) is 29.8 Å². The quantitative estimate of drug-likeness (QED) is 0.159. The first kappa shape index (κ1) is 22.4. The van der Waals surface area contributed by atoms with Crippen molar-refractivity contribution in [2.24, 2.45) is 0 Å². The molecule has 1 fully saturated rings. The molecule has 2 aromatic carbocycles. The molecule has 9 nitrogen and oxygen atoms in total. The molecule has 31 heavy (non-hydrogen) atoms. The van der Waals surface area contributed by atoms with Crippen LogP contribution >= 0.6 is 11.6 Å². The lowest BCUT2D eigenvalue weighted by Crippen LogP contribution is -2.33. The molecule has 0 aromatic heterocycles. The smallest absolute Gasteiger partial charge is 0.295 e. The molecule has 1 aliphatic heterocycles. The van der Waals surface area contributed by atoms with Crippen LogP contribution in [0.2, 0.25) is 5.02 Å². The van der Waals surface area contributed by atoms with E-state index >= 15 is 0 Å². The summed E-state index contributed by atoms with van der Waals surface area (Å²) in [5.41, 5.74) is 0.406. The summed E-state index contributed by atoms with van der Waals surface area (Å²) in [7, 11) is 0. The maximum atomic E-state index is 12.8. The summed E-state index contributed by atoms with van der Waals surface area (Å²) in [6.07, 6.45) is 0. The maximum absolute atomic E-state index is 12.8. The summed E-state index contributed by atoms with van der Waals surface area (Å²) in [6, 6.07) is 10.6. The molecule has 2 aromatic rings. The van der Waals surface area contributed by atoms with Crippen LogP contribution in [0, 0.1) is 10.1 Å². The Labute approximate surface area is 182 Å². The number of likely N-dealkylation sites (tertiary alicyclic amines) is 1. The first-order chi connectivity index (χ1) is 14.8. The molecule has 0 saturated carbocycles. The normalized spacial score (nSPS) is 17.9. The van der Waals surface area contributed by atoms with Gasteiger partial charge in [0.05, 0.1) is 36.4 Å². The number of hydrogen-bond donors (Lipinski definition) is 2. The Balaban J connectivity index is 2.05. The van der Waals surface area contributed by atoms with Gasteiger partial charge in [0, 0.05) is 29.3 Å². The number of aliphatic hydroxyl groups excluding tert-OH is 2. The van der Waals surface area contributed by atoms with E-state index in [0.717, 1.165) is 0 Å². The number of aliphatic hydroxyl groups is 2. The van der Waals surface area contributed by atoms with Crippen LogP contribution in [0.3, 0.4) is 0 Å². The van der Waals surface area contributed by atoms with Gasteiger partial charge < -0.3 is 19.8 Å². The van der Waals surface area contributed by atoms with Gasteiger partial charge in [-0.1, -0.05) is 23.7 Å². The molecular weight excluding hydrogens is 428 g/mol. The first-order valence-corrected chi connectivity index (χ1v) is 9.70. The van der Waals surface area contributed by atoms with Gasteiger partial charge >= 0.3 is 0 Å². The van der Waals surface area contributed by atoms with E-state index in [4.69, 9.17) is 21.4 Å². The average molecular weight is 447 g/mol. The lowest BCUT2D eigenvalue weighted by molar-refractivity contribution is -0.384. The minimum absolute atomic E-state index is 0.0505. The van der Waals surface area contributed by atoms with Crippen molar-refractivity contribution in [1.82, 2.24) is 4.90 Å². The van der Waals surface area contributed by atoms with Gasteiger partial charge in [0.1, 0.15) is 5.76 Å². The van der Waals surface area contributed by atoms with E-state index in [1.165, 1.54) is 29.2 Å². The summed E-state index contributed by atoms with van der Waals surface area (Å²) in [6.45, 7) is 0.0298. The summed E-state index contributed by atoms with van der Waals surface area (Å²) in [5.74, 6) is -2.12. The predicted molar refractivity (Wildman–Crippen MR) is 111 cm³/mol. The number of rotatable bonds is 8. The highest BCUT2D eigenvalue weighted by molar-refractivity contribution is 6.46. The molecule has 0 radical (unpaired) electrons. The molecule has 1 atom stereocenters. The maximum Gasteiger partial charge on any atom is 0.295 e. The number of hydrogen-bond acceptors (Lipinski definition) is 7. The number of carbonyl (C=O) groups excluding carboxylic acids is 2. The second kappa shape index (κ2) is 9.69. The number of ether oxygens (including phenoxy) is 1. The Kier molecular flexibility index (Phi) is 7.01. The number of nitro benzene ring substituents is 1. The largest absolute Gasteiger partial charge is 0.507 e. The van der Waals surface area contributed by atoms with Crippen molar-refractivity contribution >= 4 is 34.7 Å². The molecular formula is C21H19ClN2O7. The first-order valence-electron chi connectivity index (χ1n) is 9.32. The van der Waals surface area contributed by atoms with E-state index in [0.29, 0.717) is 10.6 Å². The van der Waals surface area contributed by atoms with Crippen LogP contribution in [-0.4, -0.2) is 58.1 Å². The predicted octanol–water partition coefficient (Wildman–Crippen LogP) is 2.68. The standard InChI is InChI=1S/C21H19ClN2O7/c22-15-5-1-13(2-6-15)18-17(19(26)14-3-7-16(8-4-14)24(29)30)20(27)21(28)23(18)9-11-31-12-10-25/h1-8,18,25-26H,9-12H2. The summed E-state index contributed by atoms with van der Waals surface area (Å²) in [5, 5.41) is 31.1. The van der Waals surface area contributed by atoms with Crippen molar-refractivity contribution in [3.63, 3.8) is 0 Å². The van der Waals surface area contributed by atoms with E-state index < -0.39 is 28.4 Å². The number of nitro groups is 1. The minimum Gasteiger partial charge on any atom is -0.507 e. The van der Waals surface area contributed by atoms with Crippen molar-refractivity contribution in [1.29, 1.82) is 0 Å². The fourth-order valence-corrected chi connectivity index (χ4v) is 3.45. The van der Waals surface area contributed by atoms with Crippen LogP contribution in [0.5, 0.6) is 0 Å². The number of carbonyl (C=O) groups is 2. The Morgan fingerprint density at radius 3 is 2.32 bits per heavy atom. The molecule has 162 valence electrons. The highest BCUT2D eigenvalue weighted by Gasteiger charge is 2.45. The van der Waals surface area contributed by atoms with Crippen molar-refractivity contribution in [2.75, 3.05) is 26.4 Å². The summed E-state index contributed by atoms with van der Waals surface area (Å²) < 4.78 is 5.23. The number of non-ortho nitro benzene ring substituents is 1.